The van der Waals surface area contributed by atoms with Crippen LogP contribution in [-0.4, -0.2) is 21.6 Å². The number of ether oxygens (including phenoxy) is 1. The number of nitrogens with two attached hydrogens (primary N) is 1. The van der Waals surface area contributed by atoms with Crippen molar-refractivity contribution < 1.29 is 8.95 Å². The highest BCUT2D eigenvalue weighted by molar-refractivity contribution is 7.87. The molecule has 0 radical (unpaired) electrons. The maximum Gasteiger partial charge on any atom is 0.181 e. The Bertz CT molecular complexity index is 772. The summed E-state index contributed by atoms with van der Waals surface area (Å²) in [6, 6.07) is 15.0. The van der Waals surface area contributed by atoms with E-state index in [0.29, 0.717) is 22.4 Å². The number of thiazole rings is 1. The highest BCUT2D eigenvalue weighted by Crippen LogP contribution is 2.26. The van der Waals surface area contributed by atoms with Crippen LogP contribution in [0.25, 0.3) is 10.2 Å². The molecule has 2 aromatic carbocycles. The van der Waals surface area contributed by atoms with Gasteiger partial charge in [-0.15, -0.1) is 11.3 Å². The van der Waals surface area contributed by atoms with Crippen LogP contribution in [0.5, 0.6) is 5.75 Å². The Labute approximate surface area is 129 Å². The first kappa shape index (κ1) is 14.0. The van der Waals surface area contributed by atoms with Crippen molar-refractivity contribution in [3.63, 3.8) is 0 Å². The third-order valence-corrected chi connectivity index (χ3v) is 5.51. The average Bonchev–Trinajstić information content (AvgIpc) is 2.91. The highest BCUT2D eigenvalue weighted by atomic mass is 32.2. The van der Waals surface area contributed by atoms with Crippen molar-refractivity contribution in [3.05, 3.63) is 48.5 Å². The molecule has 0 aliphatic rings. The first-order chi connectivity index (χ1) is 10.2. The van der Waals surface area contributed by atoms with E-state index in [9.17, 15) is 4.21 Å². The minimum atomic E-state index is -1.15. The van der Waals surface area contributed by atoms with Crippen LogP contribution in [0.4, 0.5) is 5.69 Å². The smallest absolute Gasteiger partial charge is 0.181 e. The fraction of sp³-hybridized carbons (Fsp3) is 0.133. The van der Waals surface area contributed by atoms with E-state index >= 15 is 0 Å². The van der Waals surface area contributed by atoms with E-state index in [0.717, 1.165) is 16.0 Å². The van der Waals surface area contributed by atoms with Gasteiger partial charge in [0.05, 0.1) is 26.8 Å². The fourth-order valence-electron chi connectivity index (χ4n) is 1.86. The van der Waals surface area contributed by atoms with Crippen molar-refractivity contribution in [2.24, 2.45) is 0 Å². The molecule has 6 heteroatoms. The predicted molar refractivity (Wildman–Crippen MR) is 87.2 cm³/mol. The van der Waals surface area contributed by atoms with Crippen LogP contribution in [0.2, 0.25) is 0 Å². The molecule has 0 aliphatic heterocycles. The molecule has 108 valence electrons. The number of nitrogens with zero attached hydrogens (tertiary/aromatic N) is 1. The third-order valence-electron chi connectivity index (χ3n) is 2.87. The molecule has 0 aliphatic carbocycles. The second kappa shape index (κ2) is 6.24. The van der Waals surface area contributed by atoms with E-state index in [-0.39, 0.29) is 0 Å². The van der Waals surface area contributed by atoms with Crippen molar-refractivity contribution in [1.29, 1.82) is 0 Å². The number of aromatic nitrogens is 1. The average molecular weight is 318 g/mol. The third kappa shape index (κ3) is 3.40. The number of nitrogen functional groups attached to an aromatic ring is 1. The normalized spacial score (nSPS) is 12.4. The van der Waals surface area contributed by atoms with Gasteiger partial charge in [0.25, 0.3) is 0 Å². The Morgan fingerprint density at radius 1 is 1.19 bits per heavy atom. The molecule has 3 rings (SSSR count). The summed E-state index contributed by atoms with van der Waals surface area (Å²) in [7, 11) is -1.15. The molecule has 1 unspecified atom stereocenters. The Morgan fingerprint density at radius 3 is 2.81 bits per heavy atom. The molecule has 3 aromatic rings. The molecule has 1 atom stereocenters. The largest absolute Gasteiger partial charge is 0.493 e. The van der Waals surface area contributed by atoms with Crippen LogP contribution < -0.4 is 10.5 Å². The number of rotatable bonds is 5. The standard InChI is InChI=1S/C15H14N2O2S2/c16-11-6-7-13-14(10-11)20-15(17-13)21(18)9-8-19-12-4-2-1-3-5-12/h1-7,10H,8-9,16H2. The molecule has 21 heavy (non-hydrogen) atoms. The molecule has 2 N–H and O–H groups in total. The molecule has 1 heterocycles. The van der Waals surface area contributed by atoms with E-state index in [1.54, 1.807) is 6.07 Å². The molecule has 0 bridgehead atoms. The maximum absolute atomic E-state index is 12.2. The van der Waals surface area contributed by atoms with Gasteiger partial charge in [0.15, 0.2) is 4.34 Å². The van der Waals surface area contributed by atoms with Gasteiger partial charge < -0.3 is 10.5 Å². The number of anilines is 1. The van der Waals surface area contributed by atoms with Crippen LogP contribution in [0.1, 0.15) is 0 Å². The van der Waals surface area contributed by atoms with Crippen molar-refractivity contribution in [2.45, 2.75) is 4.34 Å². The number of fused-ring (bicyclic) bond motifs is 1. The SMILES string of the molecule is Nc1ccc2nc(S(=O)CCOc3ccccc3)sc2c1. The first-order valence-electron chi connectivity index (χ1n) is 6.45. The summed E-state index contributed by atoms with van der Waals surface area (Å²) in [4.78, 5) is 4.39. The molecular weight excluding hydrogens is 304 g/mol. The van der Waals surface area contributed by atoms with Gasteiger partial charge in [-0.05, 0) is 30.3 Å². The lowest BCUT2D eigenvalue weighted by atomic mass is 10.3. The Balaban J connectivity index is 1.64. The monoisotopic (exact) mass is 318 g/mol. The summed E-state index contributed by atoms with van der Waals surface area (Å²) < 4.78 is 19.4. The zero-order valence-electron chi connectivity index (χ0n) is 11.2. The van der Waals surface area contributed by atoms with E-state index in [1.165, 1.54) is 11.3 Å². The minimum absolute atomic E-state index is 0.398. The van der Waals surface area contributed by atoms with Crippen LogP contribution in [0.3, 0.4) is 0 Å². The lowest BCUT2D eigenvalue weighted by Crippen LogP contribution is -2.08. The number of hydrogen-bond acceptors (Lipinski definition) is 5. The molecule has 0 fully saturated rings. The highest BCUT2D eigenvalue weighted by Gasteiger charge is 2.11. The summed E-state index contributed by atoms with van der Waals surface area (Å²) in [6.07, 6.45) is 0. The van der Waals surface area contributed by atoms with Gasteiger partial charge in [-0.3, -0.25) is 4.21 Å². The Hall–Kier alpha value is -1.92. The Morgan fingerprint density at radius 2 is 2.00 bits per heavy atom. The van der Waals surface area contributed by atoms with E-state index in [4.69, 9.17) is 10.5 Å². The second-order valence-corrected chi connectivity index (χ2v) is 7.19. The van der Waals surface area contributed by atoms with E-state index in [2.05, 4.69) is 4.98 Å². The number of benzene rings is 2. The molecule has 1 aromatic heterocycles. The van der Waals surface area contributed by atoms with Crippen LogP contribution in [-0.2, 0) is 10.8 Å². The summed E-state index contributed by atoms with van der Waals surface area (Å²) in [6.45, 7) is 0.398. The number of para-hydroxylation sites is 1. The van der Waals surface area contributed by atoms with Crippen LogP contribution in [0.15, 0.2) is 52.9 Å². The van der Waals surface area contributed by atoms with Gasteiger partial charge >= 0.3 is 0 Å². The van der Waals surface area contributed by atoms with Gasteiger partial charge in [0.2, 0.25) is 0 Å². The van der Waals surface area contributed by atoms with Gasteiger partial charge in [0, 0.05) is 5.69 Å². The summed E-state index contributed by atoms with van der Waals surface area (Å²) in [5.41, 5.74) is 7.26. The maximum atomic E-state index is 12.2. The van der Waals surface area contributed by atoms with Gasteiger partial charge in [-0.25, -0.2) is 4.98 Å². The molecule has 0 amide bonds. The van der Waals surface area contributed by atoms with Crippen molar-refractivity contribution in [3.8, 4) is 5.75 Å². The van der Waals surface area contributed by atoms with E-state index in [1.807, 2.05) is 42.5 Å². The quantitative estimate of drug-likeness (QED) is 0.734. The van der Waals surface area contributed by atoms with E-state index < -0.39 is 10.8 Å². The Kier molecular flexibility index (Phi) is 4.17. The first-order valence-corrected chi connectivity index (χ1v) is 8.58. The zero-order valence-corrected chi connectivity index (χ0v) is 12.8. The second-order valence-electron chi connectivity index (χ2n) is 4.42. The minimum Gasteiger partial charge on any atom is -0.493 e. The van der Waals surface area contributed by atoms with Gasteiger partial charge in [0.1, 0.15) is 12.4 Å². The number of hydrogen-bond donors (Lipinski definition) is 1. The molecule has 0 spiro atoms. The zero-order chi connectivity index (χ0) is 14.7. The summed E-state index contributed by atoms with van der Waals surface area (Å²) in [5.74, 6) is 1.20. The van der Waals surface area contributed by atoms with Gasteiger partial charge in [-0.2, -0.15) is 0 Å². The van der Waals surface area contributed by atoms with Crippen molar-refractivity contribution in [2.75, 3.05) is 18.1 Å². The lowest BCUT2D eigenvalue weighted by Gasteiger charge is -2.04. The summed E-state index contributed by atoms with van der Waals surface area (Å²) >= 11 is 1.42. The van der Waals surface area contributed by atoms with Crippen molar-refractivity contribution in [1.82, 2.24) is 4.98 Å². The van der Waals surface area contributed by atoms with Crippen molar-refractivity contribution >= 4 is 38.0 Å². The molecule has 0 saturated heterocycles. The van der Waals surface area contributed by atoms with Crippen LogP contribution in [0, 0.1) is 0 Å². The molecule has 4 nitrogen and oxygen atoms in total. The van der Waals surface area contributed by atoms with Gasteiger partial charge in [-0.1, -0.05) is 18.2 Å². The topological polar surface area (TPSA) is 65.2 Å². The molecular formula is C15H14N2O2S2. The molecule has 0 saturated carbocycles. The van der Waals surface area contributed by atoms with Crippen LogP contribution >= 0.6 is 11.3 Å². The predicted octanol–water partition coefficient (Wildman–Crippen LogP) is 3.07. The summed E-state index contributed by atoms with van der Waals surface area (Å²) in [5, 5.41) is 0. The fourth-order valence-corrected chi connectivity index (χ4v) is 4.10. The lowest BCUT2D eigenvalue weighted by molar-refractivity contribution is 0.342.